The van der Waals surface area contributed by atoms with Crippen molar-refractivity contribution in [3.63, 3.8) is 0 Å². The Morgan fingerprint density at radius 3 is 2.80 bits per heavy atom. The second-order valence-corrected chi connectivity index (χ2v) is 1.94. The highest BCUT2D eigenvalue weighted by Crippen LogP contribution is 2.10. The van der Waals surface area contributed by atoms with Gasteiger partial charge in [-0.05, 0) is 12.1 Å². The molecule has 0 saturated carbocycles. The van der Waals surface area contributed by atoms with Crippen LogP contribution in [0.5, 0.6) is 0 Å². The van der Waals surface area contributed by atoms with Crippen LogP contribution in [0.4, 0.5) is 4.39 Å². The zero-order valence-electron chi connectivity index (χ0n) is 4.81. The van der Waals surface area contributed by atoms with E-state index >= 15 is 0 Å². The predicted molar refractivity (Wildman–Crippen MR) is 33.9 cm³/mol. The number of hydrogen-bond acceptors (Lipinski definition) is 2. The van der Waals surface area contributed by atoms with Crippen LogP contribution in [0.3, 0.4) is 0 Å². The molecule has 0 aliphatic heterocycles. The van der Waals surface area contributed by atoms with Gasteiger partial charge in [0.25, 0.3) is 0 Å². The van der Waals surface area contributed by atoms with Crippen LogP contribution >= 0.6 is 11.6 Å². The molecule has 10 heavy (non-hydrogen) atoms. The van der Waals surface area contributed by atoms with Gasteiger partial charge >= 0.3 is 0 Å². The van der Waals surface area contributed by atoms with Gasteiger partial charge in [-0.15, -0.1) is 0 Å². The van der Waals surface area contributed by atoms with Crippen LogP contribution in [0.2, 0.25) is 5.15 Å². The topological polar surface area (TPSA) is 36.7 Å². The highest BCUT2D eigenvalue weighted by atomic mass is 35.5. The van der Waals surface area contributed by atoms with E-state index in [0.29, 0.717) is 0 Å². The van der Waals surface area contributed by atoms with Gasteiger partial charge in [-0.3, -0.25) is 0 Å². The van der Waals surface area contributed by atoms with Gasteiger partial charge in [0.2, 0.25) is 5.95 Å². The van der Waals surface area contributed by atoms with Crippen molar-refractivity contribution in [1.29, 1.82) is 5.26 Å². The first-order valence-corrected chi connectivity index (χ1v) is 2.84. The third-order valence-electron chi connectivity index (χ3n) is 0.935. The molecule has 0 spiro atoms. The quantitative estimate of drug-likeness (QED) is 0.537. The summed E-state index contributed by atoms with van der Waals surface area (Å²) < 4.78 is 12.2. The minimum Gasteiger partial charge on any atom is -0.206 e. The minimum atomic E-state index is -0.677. The van der Waals surface area contributed by atoms with Crippen LogP contribution in [0.1, 0.15) is 5.56 Å². The highest BCUT2D eigenvalue weighted by Gasteiger charge is 2.00. The number of rotatable bonds is 0. The molecule has 0 aliphatic rings. The maximum Gasteiger partial charge on any atom is 0.214 e. The van der Waals surface area contributed by atoms with Gasteiger partial charge in [-0.25, -0.2) is 4.98 Å². The molecule has 0 atom stereocenters. The lowest BCUT2D eigenvalue weighted by molar-refractivity contribution is 0.583. The standard InChI is InChI=1S/C6H2ClFN2/c7-6-4(3-9)1-2-5(8)10-6/h1-2H. The molecule has 50 valence electrons. The second kappa shape index (κ2) is 2.63. The summed E-state index contributed by atoms with van der Waals surface area (Å²) >= 11 is 5.36. The fourth-order valence-corrected chi connectivity index (χ4v) is 0.682. The Morgan fingerprint density at radius 2 is 2.30 bits per heavy atom. The molecule has 4 heteroatoms. The monoisotopic (exact) mass is 156 g/mol. The number of hydrogen-bond donors (Lipinski definition) is 0. The number of nitrogens with zero attached hydrogens (tertiary/aromatic N) is 2. The molecule has 1 aromatic heterocycles. The van der Waals surface area contributed by atoms with E-state index in [0.717, 1.165) is 6.07 Å². The van der Waals surface area contributed by atoms with Gasteiger partial charge in [0.1, 0.15) is 11.2 Å². The first-order chi connectivity index (χ1) is 4.74. The molecule has 1 aromatic rings. The number of aromatic nitrogens is 1. The molecular weight excluding hydrogens is 155 g/mol. The summed E-state index contributed by atoms with van der Waals surface area (Å²) in [5.74, 6) is -0.677. The molecule has 0 radical (unpaired) electrons. The lowest BCUT2D eigenvalue weighted by Gasteiger charge is -1.90. The van der Waals surface area contributed by atoms with Crippen molar-refractivity contribution < 1.29 is 4.39 Å². The van der Waals surface area contributed by atoms with Crippen molar-refractivity contribution in [2.75, 3.05) is 0 Å². The number of nitriles is 1. The fraction of sp³-hybridized carbons (Fsp3) is 0. The molecule has 0 N–H and O–H groups in total. The molecule has 0 aromatic carbocycles. The molecule has 0 saturated heterocycles. The summed E-state index contributed by atoms with van der Waals surface area (Å²) in [5, 5.41) is 8.22. The third kappa shape index (κ3) is 1.23. The van der Waals surface area contributed by atoms with E-state index in [2.05, 4.69) is 4.98 Å². The van der Waals surface area contributed by atoms with E-state index < -0.39 is 5.95 Å². The average molecular weight is 157 g/mol. The van der Waals surface area contributed by atoms with Crippen LogP contribution in [0.25, 0.3) is 0 Å². The molecule has 0 aliphatic carbocycles. The van der Waals surface area contributed by atoms with E-state index in [4.69, 9.17) is 16.9 Å². The molecule has 0 amide bonds. The van der Waals surface area contributed by atoms with E-state index in [1.54, 1.807) is 6.07 Å². The summed E-state index contributed by atoms with van der Waals surface area (Å²) in [4.78, 5) is 3.22. The fourth-order valence-electron chi connectivity index (χ4n) is 0.496. The summed E-state index contributed by atoms with van der Waals surface area (Å²) in [5.41, 5.74) is 0.183. The average Bonchev–Trinajstić information content (AvgIpc) is 1.88. The normalized spacial score (nSPS) is 8.90. The largest absolute Gasteiger partial charge is 0.214 e. The van der Waals surface area contributed by atoms with Crippen LogP contribution in [0.15, 0.2) is 12.1 Å². The van der Waals surface area contributed by atoms with Crippen molar-refractivity contribution in [2.24, 2.45) is 0 Å². The van der Waals surface area contributed by atoms with E-state index in [1.165, 1.54) is 6.07 Å². The molecule has 1 rings (SSSR count). The Labute approximate surface area is 61.9 Å². The summed E-state index contributed by atoms with van der Waals surface area (Å²) in [6.07, 6.45) is 0. The Morgan fingerprint density at radius 1 is 1.60 bits per heavy atom. The predicted octanol–water partition coefficient (Wildman–Crippen LogP) is 1.75. The van der Waals surface area contributed by atoms with Crippen molar-refractivity contribution in [2.45, 2.75) is 0 Å². The molecular formula is C6H2ClFN2. The highest BCUT2D eigenvalue weighted by molar-refractivity contribution is 6.30. The molecule has 0 fully saturated rings. The second-order valence-electron chi connectivity index (χ2n) is 1.58. The lowest BCUT2D eigenvalue weighted by atomic mass is 10.3. The Hall–Kier alpha value is -1.14. The van der Waals surface area contributed by atoms with Crippen LogP contribution in [0, 0.1) is 17.3 Å². The first kappa shape index (κ1) is 6.97. The number of pyridine rings is 1. The maximum atomic E-state index is 12.2. The molecule has 0 unspecified atom stereocenters. The summed E-state index contributed by atoms with van der Waals surface area (Å²) in [6, 6.07) is 4.13. The van der Waals surface area contributed by atoms with Gasteiger partial charge in [0.15, 0.2) is 0 Å². The van der Waals surface area contributed by atoms with Crippen LogP contribution in [-0.4, -0.2) is 4.98 Å². The SMILES string of the molecule is N#Cc1ccc(F)nc1Cl. The first-order valence-electron chi connectivity index (χ1n) is 2.46. The van der Waals surface area contributed by atoms with Gasteiger partial charge in [0, 0.05) is 0 Å². The summed E-state index contributed by atoms with van der Waals surface area (Å²) in [6.45, 7) is 0. The molecule has 0 bridgehead atoms. The lowest BCUT2D eigenvalue weighted by Crippen LogP contribution is -1.85. The van der Waals surface area contributed by atoms with Crippen LogP contribution < -0.4 is 0 Å². The zero-order chi connectivity index (χ0) is 7.56. The van der Waals surface area contributed by atoms with Gasteiger partial charge < -0.3 is 0 Å². The Balaban J connectivity index is 3.23. The zero-order valence-corrected chi connectivity index (χ0v) is 5.56. The van der Waals surface area contributed by atoms with Crippen molar-refractivity contribution in [3.05, 3.63) is 28.8 Å². The minimum absolute atomic E-state index is 0.0949. The van der Waals surface area contributed by atoms with Gasteiger partial charge in [0.05, 0.1) is 5.56 Å². The van der Waals surface area contributed by atoms with E-state index in [1.807, 2.05) is 0 Å². The van der Waals surface area contributed by atoms with Crippen molar-refractivity contribution in [3.8, 4) is 6.07 Å². The van der Waals surface area contributed by atoms with E-state index in [-0.39, 0.29) is 10.7 Å². The molecule has 2 nitrogen and oxygen atoms in total. The Kier molecular flexibility index (Phi) is 1.83. The van der Waals surface area contributed by atoms with Crippen molar-refractivity contribution in [1.82, 2.24) is 4.98 Å². The maximum absolute atomic E-state index is 12.2. The van der Waals surface area contributed by atoms with E-state index in [9.17, 15) is 4.39 Å². The Bertz CT molecular complexity index is 292. The van der Waals surface area contributed by atoms with Gasteiger partial charge in [-0.1, -0.05) is 11.6 Å². The smallest absolute Gasteiger partial charge is 0.206 e. The number of halogens is 2. The summed E-state index contributed by atoms with van der Waals surface area (Å²) in [7, 11) is 0. The third-order valence-corrected chi connectivity index (χ3v) is 1.22. The van der Waals surface area contributed by atoms with Gasteiger partial charge in [-0.2, -0.15) is 9.65 Å². The van der Waals surface area contributed by atoms with Crippen molar-refractivity contribution >= 4 is 11.6 Å². The molecule has 1 heterocycles. The van der Waals surface area contributed by atoms with Crippen LogP contribution in [-0.2, 0) is 0 Å².